The van der Waals surface area contributed by atoms with Gasteiger partial charge in [0.2, 0.25) is 5.95 Å². The Morgan fingerprint density at radius 3 is 2.50 bits per heavy atom. The molecule has 3 aromatic heterocycles. The lowest BCUT2D eigenvalue weighted by Crippen LogP contribution is -2.43. The molecule has 0 atom stereocenters. The third-order valence-corrected chi connectivity index (χ3v) is 11.4. The van der Waals surface area contributed by atoms with Crippen LogP contribution < -0.4 is 25.6 Å². The Bertz CT molecular complexity index is 2040. The number of ether oxygens (including phenoxy) is 2. The highest BCUT2D eigenvalue weighted by Gasteiger charge is 2.26. The van der Waals surface area contributed by atoms with Crippen molar-refractivity contribution in [1.29, 1.82) is 0 Å². The van der Waals surface area contributed by atoms with E-state index in [2.05, 4.69) is 68.5 Å². The summed E-state index contributed by atoms with van der Waals surface area (Å²) in [5, 5.41) is 11.9. The number of hydrogen-bond donors (Lipinski definition) is 2. The van der Waals surface area contributed by atoms with Gasteiger partial charge >= 0.3 is 0 Å². The smallest absolute Gasteiger partial charge is 0.229 e. The Morgan fingerprint density at radius 2 is 1.78 bits per heavy atom. The van der Waals surface area contributed by atoms with Gasteiger partial charge in [-0.2, -0.15) is 10.1 Å². The van der Waals surface area contributed by atoms with Gasteiger partial charge in [-0.15, -0.1) is 0 Å². The number of anilines is 5. The van der Waals surface area contributed by atoms with Crippen LogP contribution in [0.25, 0.3) is 22.2 Å². The molecule has 2 N–H and O–H groups in total. The van der Waals surface area contributed by atoms with Crippen LogP contribution in [0.2, 0.25) is 0 Å². The van der Waals surface area contributed by atoms with Gasteiger partial charge < -0.3 is 29.6 Å². The summed E-state index contributed by atoms with van der Waals surface area (Å²) in [6, 6.07) is 7.92. The minimum absolute atomic E-state index is 0.362. The van der Waals surface area contributed by atoms with Crippen molar-refractivity contribution in [3.05, 3.63) is 59.7 Å². The largest absolute Gasteiger partial charge is 0.494 e. The average molecular weight is 762 g/mol. The molecule has 0 unspecified atom stereocenters. The number of nitrogens with one attached hydrogen (secondary N) is 2. The predicted molar refractivity (Wildman–Crippen MR) is 202 cm³/mol. The third kappa shape index (κ3) is 7.48. The molecular formula is C35H42BrN10O3P. The van der Waals surface area contributed by atoms with Gasteiger partial charge in [-0.3, -0.25) is 19.5 Å². The number of nitrogens with zero attached hydrogens (tertiary/aromatic N) is 8. The minimum Gasteiger partial charge on any atom is -0.494 e. The fourth-order valence-corrected chi connectivity index (χ4v) is 8.51. The van der Waals surface area contributed by atoms with E-state index < -0.39 is 7.14 Å². The van der Waals surface area contributed by atoms with Gasteiger partial charge in [-0.25, -0.2) is 4.98 Å². The van der Waals surface area contributed by atoms with Gasteiger partial charge in [-0.1, -0.05) is 0 Å². The molecule has 5 heterocycles. The Morgan fingerprint density at radius 1 is 1.00 bits per heavy atom. The zero-order valence-electron chi connectivity index (χ0n) is 28.8. The molecule has 2 saturated heterocycles. The van der Waals surface area contributed by atoms with E-state index in [1.165, 1.54) is 0 Å². The topological polar surface area (TPSA) is 135 Å². The Hall–Kier alpha value is -4.10. The zero-order chi connectivity index (χ0) is 34.8. The van der Waals surface area contributed by atoms with Crippen LogP contribution in [0.15, 0.2) is 59.7 Å². The van der Waals surface area contributed by atoms with E-state index >= 15 is 0 Å². The van der Waals surface area contributed by atoms with Crippen LogP contribution in [0.4, 0.5) is 28.8 Å². The number of benzene rings is 2. The molecule has 0 spiro atoms. The van der Waals surface area contributed by atoms with Crippen LogP contribution in [0.1, 0.15) is 12.8 Å². The molecular weight excluding hydrogens is 719 g/mol. The maximum Gasteiger partial charge on any atom is 0.229 e. The van der Waals surface area contributed by atoms with Gasteiger partial charge in [0.1, 0.15) is 24.2 Å². The van der Waals surface area contributed by atoms with Crippen molar-refractivity contribution in [2.24, 2.45) is 13.0 Å². The molecule has 0 radical (unpaired) electrons. The van der Waals surface area contributed by atoms with Gasteiger partial charge in [0, 0.05) is 87.4 Å². The molecule has 262 valence electrons. The Labute approximate surface area is 300 Å². The average Bonchev–Trinajstić information content (AvgIpc) is 3.55. The fraction of sp³-hybridized carbons (Fsp3) is 0.400. The van der Waals surface area contributed by atoms with E-state index in [1.54, 1.807) is 39.0 Å². The molecule has 15 heteroatoms. The first-order valence-electron chi connectivity index (χ1n) is 16.8. The Balaban J connectivity index is 1.17. The second kappa shape index (κ2) is 14.6. The first-order chi connectivity index (χ1) is 24.2. The molecule has 5 aromatic rings. The van der Waals surface area contributed by atoms with Crippen molar-refractivity contribution in [3.63, 3.8) is 0 Å². The summed E-state index contributed by atoms with van der Waals surface area (Å²) >= 11 is 3.60. The zero-order valence-corrected chi connectivity index (χ0v) is 31.2. The summed E-state index contributed by atoms with van der Waals surface area (Å²) in [6.45, 7) is 10.2. The number of rotatable bonds is 10. The normalized spacial score (nSPS) is 16.1. The van der Waals surface area contributed by atoms with E-state index in [-0.39, 0.29) is 0 Å². The van der Waals surface area contributed by atoms with Crippen LogP contribution in [-0.2, 0) is 16.3 Å². The minimum atomic E-state index is -2.77. The lowest BCUT2D eigenvalue weighted by Gasteiger charge is -2.38. The van der Waals surface area contributed by atoms with Crippen molar-refractivity contribution in [1.82, 2.24) is 34.6 Å². The molecule has 0 saturated carbocycles. The highest BCUT2D eigenvalue weighted by Crippen LogP contribution is 2.43. The second-order valence-corrected chi connectivity index (χ2v) is 17.2. The summed E-state index contributed by atoms with van der Waals surface area (Å²) in [6.07, 6.45) is 11.1. The highest BCUT2D eigenvalue weighted by molar-refractivity contribution is 9.10. The molecule has 0 amide bonds. The second-order valence-electron chi connectivity index (χ2n) is 13.2. The maximum absolute atomic E-state index is 13.5. The summed E-state index contributed by atoms with van der Waals surface area (Å²) in [4.78, 5) is 23.3. The van der Waals surface area contributed by atoms with E-state index in [0.29, 0.717) is 49.9 Å². The molecule has 0 bridgehead atoms. The maximum atomic E-state index is 13.5. The van der Waals surface area contributed by atoms with Gasteiger partial charge in [0.15, 0.2) is 0 Å². The SMILES string of the molecule is COc1cc(N2CCC(CN3CCOCC3)CC2)c(-c2cnn(C)c2)cc1Nc1ncc(Br)c(Nc2ccc3nccnc3c2P(C)(C)=O)n1. The lowest BCUT2D eigenvalue weighted by atomic mass is 9.94. The van der Waals surface area contributed by atoms with Gasteiger partial charge in [-0.05, 0) is 66.2 Å². The van der Waals surface area contributed by atoms with Crippen LogP contribution in [0.3, 0.4) is 0 Å². The van der Waals surface area contributed by atoms with E-state index in [1.807, 2.05) is 36.3 Å². The first kappa shape index (κ1) is 34.4. The van der Waals surface area contributed by atoms with E-state index in [0.717, 1.165) is 81.3 Å². The van der Waals surface area contributed by atoms with Gasteiger partial charge in [0.25, 0.3) is 0 Å². The van der Waals surface area contributed by atoms with Crippen LogP contribution in [0.5, 0.6) is 5.75 Å². The number of morpholine rings is 1. The van der Waals surface area contributed by atoms with Crippen LogP contribution in [0, 0.1) is 5.92 Å². The third-order valence-electron chi connectivity index (χ3n) is 9.31. The summed E-state index contributed by atoms with van der Waals surface area (Å²) in [5.41, 5.74) is 5.82. The number of methoxy groups -OCH3 is 1. The summed E-state index contributed by atoms with van der Waals surface area (Å²) in [5.74, 6) is 2.22. The van der Waals surface area contributed by atoms with Crippen molar-refractivity contribution >= 4 is 68.2 Å². The summed E-state index contributed by atoms with van der Waals surface area (Å²) in [7, 11) is 0.838. The molecule has 13 nitrogen and oxygen atoms in total. The number of piperidine rings is 1. The Kier molecular flexibility index (Phi) is 10.1. The number of fused-ring (bicyclic) bond motifs is 1. The van der Waals surface area contributed by atoms with Crippen molar-refractivity contribution in [2.75, 3.05) is 81.9 Å². The van der Waals surface area contributed by atoms with Gasteiger partial charge in [0.05, 0.1) is 53.2 Å². The van der Waals surface area contributed by atoms with E-state index in [9.17, 15) is 4.57 Å². The molecule has 2 aromatic carbocycles. The molecule has 2 aliphatic heterocycles. The molecule has 0 aliphatic carbocycles. The molecule has 2 fully saturated rings. The standard InChI is InChI=1S/C35H42BrN10O3P/c1-44-22-24(19-40-44)25-17-29(31(48-2)18-30(25)46-11-7-23(8-12-46)21-45-13-15-49-16-14-45)42-35-39-20-26(36)34(43-35)41-28-6-5-27-32(38-10-9-37-27)33(28)50(3,4)47/h5-6,9-10,17-20,22-23H,7-8,11-16,21H2,1-4H3,(H2,39,41,42,43). The number of hydrogen-bond acceptors (Lipinski definition) is 12. The van der Waals surface area contributed by atoms with Crippen molar-refractivity contribution in [3.8, 4) is 16.9 Å². The number of halogens is 1. The summed E-state index contributed by atoms with van der Waals surface area (Å²) < 4.78 is 27.5. The number of aryl methyl sites for hydroxylation is 1. The quantitative estimate of drug-likeness (QED) is 0.165. The first-order valence-corrected chi connectivity index (χ1v) is 20.2. The van der Waals surface area contributed by atoms with E-state index in [4.69, 9.17) is 14.5 Å². The highest BCUT2D eigenvalue weighted by atomic mass is 79.9. The lowest BCUT2D eigenvalue weighted by molar-refractivity contribution is 0.0289. The fourth-order valence-electron chi connectivity index (χ4n) is 6.83. The number of aromatic nitrogens is 6. The molecule has 50 heavy (non-hydrogen) atoms. The van der Waals surface area contributed by atoms with Crippen LogP contribution >= 0.6 is 23.1 Å². The van der Waals surface area contributed by atoms with Crippen LogP contribution in [-0.4, -0.2) is 101 Å². The van der Waals surface area contributed by atoms with Crippen molar-refractivity contribution < 1.29 is 14.0 Å². The molecule has 2 aliphatic rings. The van der Waals surface area contributed by atoms with Crippen molar-refractivity contribution in [2.45, 2.75) is 12.8 Å². The monoisotopic (exact) mass is 760 g/mol. The predicted octanol–water partition coefficient (Wildman–Crippen LogP) is 5.88. The molecule has 7 rings (SSSR count).